The van der Waals surface area contributed by atoms with Crippen molar-refractivity contribution in [3.05, 3.63) is 41.1 Å². The van der Waals surface area contributed by atoms with E-state index in [0.29, 0.717) is 4.90 Å². The van der Waals surface area contributed by atoms with Gasteiger partial charge in [-0.25, -0.2) is 0 Å². The second-order valence-corrected chi connectivity index (χ2v) is 6.87. The molecule has 1 saturated carbocycles. The van der Waals surface area contributed by atoms with Gasteiger partial charge in [0.05, 0.1) is 10.8 Å². The molecule has 1 aromatic rings. The van der Waals surface area contributed by atoms with Gasteiger partial charge >= 0.3 is 6.18 Å². The minimum absolute atomic E-state index is 0.0365. The molecule has 1 heterocycles. The fourth-order valence-electron chi connectivity index (χ4n) is 2.62. The average Bonchev–Trinajstić information content (AvgIpc) is 2.39. The lowest BCUT2D eigenvalue weighted by atomic mass is 9.88. The zero-order chi connectivity index (χ0) is 15.7. The number of carbonyl (C=O) groups excluding carboxylic acids is 1. The third kappa shape index (κ3) is 3.32. The molecule has 2 aliphatic rings. The molecule has 1 unspecified atom stereocenters. The Morgan fingerprint density at radius 1 is 1.09 bits per heavy atom. The summed E-state index contributed by atoms with van der Waals surface area (Å²) < 4.78 is 37.6. The minimum Gasteiger partial charge on any atom is -0.329 e. The first kappa shape index (κ1) is 15.5. The monoisotopic (exact) mass is 327 g/mol. The maximum atomic E-state index is 12.5. The van der Waals surface area contributed by atoms with Gasteiger partial charge in [0.1, 0.15) is 0 Å². The van der Waals surface area contributed by atoms with E-state index in [9.17, 15) is 18.0 Å². The van der Waals surface area contributed by atoms with Gasteiger partial charge in [0.2, 0.25) is 5.91 Å². The van der Waals surface area contributed by atoms with E-state index in [1.807, 2.05) is 0 Å². The number of hydrogen-bond donors (Lipinski definition) is 1. The highest BCUT2D eigenvalue weighted by Gasteiger charge is 2.31. The average molecular weight is 327 g/mol. The molecule has 1 atom stereocenters. The fourth-order valence-corrected chi connectivity index (χ4v) is 3.64. The van der Waals surface area contributed by atoms with Gasteiger partial charge in [-0.05, 0) is 56.4 Å². The van der Waals surface area contributed by atoms with Gasteiger partial charge < -0.3 is 5.32 Å². The molecule has 0 bridgehead atoms. The Morgan fingerprint density at radius 2 is 1.77 bits per heavy atom. The number of carbonyl (C=O) groups is 1. The van der Waals surface area contributed by atoms with Crippen molar-refractivity contribution in [1.82, 2.24) is 5.32 Å². The first-order valence-corrected chi connectivity index (χ1v) is 8.17. The Balaban J connectivity index is 1.63. The van der Waals surface area contributed by atoms with Crippen molar-refractivity contribution < 1.29 is 18.0 Å². The molecule has 1 N–H and O–H groups in total. The molecule has 1 aliphatic carbocycles. The number of thioether (sulfide) groups is 1. The van der Waals surface area contributed by atoms with E-state index in [4.69, 9.17) is 0 Å². The normalized spacial score (nSPS) is 22.3. The molecule has 3 rings (SSSR count). The van der Waals surface area contributed by atoms with Crippen LogP contribution in [0, 0.1) is 0 Å². The number of halogens is 3. The number of nitrogens with one attached hydrogen (secondary N) is 1. The summed E-state index contributed by atoms with van der Waals surface area (Å²) in [6, 6.07) is 4.98. The van der Waals surface area contributed by atoms with Crippen molar-refractivity contribution in [2.24, 2.45) is 0 Å². The van der Waals surface area contributed by atoms with Crippen molar-refractivity contribution >= 4 is 17.7 Å². The van der Waals surface area contributed by atoms with Gasteiger partial charge in [-0.1, -0.05) is 5.57 Å². The number of allylic oxidation sites excluding steroid dienone is 2. The van der Waals surface area contributed by atoms with E-state index < -0.39 is 11.7 Å². The van der Waals surface area contributed by atoms with Crippen LogP contribution < -0.4 is 5.32 Å². The van der Waals surface area contributed by atoms with Crippen molar-refractivity contribution in [1.29, 1.82) is 0 Å². The summed E-state index contributed by atoms with van der Waals surface area (Å²) in [5.41, 5.74) is 1.76. The Morgan fingerprint density at radius 3 is 2.27 bits per heavy atom. The van der Waals surface area contributed by atoms with Crippen molar-refractivity contribution in [2.75, 3.05) is 0 Å². The first-order chi connectivity index (χ1) is 10.4. The molecular formula is C16H16F3NOS. The zero-order valence-corrected chi connectivity index (χ0v) is 12.7. The Kier molecular flexibility index (Phi) is 4.21. The maximum absolute atomic E-state index is 12.5. The summed E-state index contributed by atoms with van der Waals surface area (Å²) in [7, 11) is 0. The quantitative estimate of drug-likeness (QED) is 0.865. The Labute approximate surface area is 131 Å². The Hall–Kier alpha value is -1.43. The van der Waals surface area contributed by atoms with Gasteiger partial charge in [-0.3, -0.25) is 4.79 Å². The van der Waals surface area contributed by atoms with E-state index in [2.05, 4.69) is 5.32 Å². The van der Waals surface area contributed by atoms with Crippen LogP contribution in [0.3, 0.4) is 0 Å². The molecule has 2 fully saturated rings. The van der Waals surface area contributed by atoms with Gasteiger partial charge in [0, 0.05) is 10.6 Å². The van der Waals surface area contributed by atoms with E-state index in [0.717, 1.165) is 43.5 Å². The molecule has 1 aliphatic heterocycles. The summed E-state index contributed by atoms with van der Waals surface area (Å²) in [5.74, 6) is -0.0365. The SMILES string of the molecule is O=C1NC(=C2CCC2)CCC1Sc1ccc(C(F)(F)F)cc1. The third-order valence-electron chi connectivity index (χ3n) is 4.07. The van der Waals surface area contributed by atoms with Crippen LogP contribution in [0.15, 0.2) is 40.4 Å². The van der Waals surface area contributed by atoms with Crippen LogP contribution in [0.2, 0.25) is 0 Å². The van der Waals surface area contributed by atoms with E-state index in [1.54, 1.807) is 0 Å². The van der Waals surface area contributed by atoms with Crippen molar-refractivity contribution in [3.8, 4) is 0 Å². The van der Waals surface area contributed by atoms with Crippen LogP contribution in [-0.4, -0.2) is 11.2 Å². The second kappa shape index (κ2) is 5.99. The highest BCUT2D eigenvalue weighted by Crippen LogP contribution is 2.36. The third-order valence-corrected chi connectivity index (χ3v) is 5.35. The van der Waals surface area contributed by atoms with Crippen molar-refractivity contribution in [3.63, 3.8) is 0 Å². The van der Waals surface area contributed by atoms with Crippen LogP contribution in [0.4, 0.5) is 13.2 Å². The summed E-state index contributed by atoms with van der Waals surface area (Å²) in [6.45, 7) is 0. The smallest absolute Gasteiger partial charge is 0.329 e. The van der Waals surface area contributed by atoms with Crippen molar-refractivity contribution in [2.45, 2.75) is 48.4 Å². The summed E-state index contributed by atoms with van der Waals surface area (Å²) in [6.07, 6.45) is 0.599. The highest BCUT2D eigenvalue weighted by molar-refractivity contribution is 8.00. The lowest BCUT2D eigenvalue weighted by Gasteiger charge is -2.29. The van der Waals surface area contributed by atoms with Crippen LogP contribution in [-0.2, 0) is 11.0 Å². The predicted molar refractivity (Wildman–Crippen MR) is 79.3 cm³/mol. The molecule has 1 aromatic carbocycles. The number of benzene rings is 1. The Bertz CT molecular complexity index is 601. The number of piperidine rings is 1. The predicted octanol–water partition coefficient (Wildman–Crippen LogP) is 4.51. The molecule has 1 amide bonds. The lowest BCUT2D eigenvalue weighted by molar-refractivity contribution is -0.137. The summed E-state index contributed by atoms with van der Waals surface area (Å²) >= 11 is 1.33. The van der Waals surface area contributed by atoms with E-state index in [-0.39, 0.29) is 11.2 Å². The highest BCUT2D eigenvalue weighted by atomic mass is 32.2. The fraction of sp³-hybridized carbons (Fsp3) is 0.438. The minimum atomic E-state index is -4.32. The molecule has 6 heteroatoms. The van der Waals surface area contributed by atoms with Crippen LogP contribution in [0.1, 0.15) is 37.7 Å². The summed E-state index contributed by atoms with van der Waals surface area (Å²) in [5, 5.41) is 2.73. The molecule has 1 saturated heterocycles. The van der Waals surface area contributed by atoms with Crippen LogP contribution >= 0.6 is 11.8 Å². The number of hydrogen-bond acceptors (Lipinski definition) is 2. The summed E-state index contributed by atoms with van der Waals surface area (Å²) in [4.78, 5) is 12.8. The molecule has 0 aromatic heterocycles. The second-order valence-electron chi connectivity index (χ2n) is 5.59. The molecule has 118 valence electrons. The number of amides is 1. The standard InChI is InChI=1S/C16H16F3NOS/c17-16(18,19)11-4-6-12(7-5-11)22-14-9-8-13(20-15(14)21)10-2-1-3-10/h4-7,14H,1-3,8-9H2,(H,20,21). The maximum Gasteiger partial charge on any atom is 0.416 e. The molecular weight excluding hydrogens is 311 g/mol. The van der Waals surface area contributed by atoms with E-state index >= 15 is 0 Å². The van der Waals surface area contributed by atoms with E-state index in [1.165, 1.54) is 35.9 Å². The number of rotatable bonds is 2. The topological polar surface area (TPSA) is 29.1 Å². The van der Waals surface area contributed by atoms with Crippen LogP contribution in [0.5, 0.6) is 0 Å². The largest absolute Gasteiger partial charge is 0.416 e. The van der Waals surface area contributed by atoms with Gasteiger partial charge in [0.25, 0.3) is 0 Å². The molecule has 0 spiro atoms. The van der Waals surface area contributed by atoms with Gasteiger partial charge in [-0.2, -0.15) is 13.2 Å². The zero-order valence-electron chi connectivity index (χ0n) is 11.9. The van der Waals surface area contributed by atoms with Crippen LogP contribution in [0.25, 0.3) is 0 Å². The molecule has 0 radical (unpaired) electrons. The first-order valence-electron chi connectivity index (χ1n) is 7.29. The lowest BCUT2D eigenvalue weighted by Crippen LogP contribution is -2.38. The van der Waals surface area contributed by atoms with Gasteiger partial charge in [-0.15, -0.1) is 11.8 Å². The van der Waals surface area contributed by atoms with Gasteiger partial charge in [0.15, 0.2) is 0 Å². The number of alkyl halides is 3. The molecule has 22 heavy (non-hydrogen) atoms. The molecule has 2 nitrogen and oxygen atoms in total.